The van der Waals surface area contributed by atoms with Gasteiger partial charge in [0.25, 0.3) is 0 Å². The number of hydrogen-bond donors (Lipinski definition) is 3. The molecule has 21 heavy (non-hydrogen) atoms. The Morgan fingerprint density at radius 1 is 1.38 bits per heavy atom. The Hall–Kier alpha value is -1.32. The van der Waals surface area contributed by atoms with Gasteiger partial charge in [-0.3, -0.25) is 4.79 Å². The van der Waals surface area contributed by atoms with Crippen LogP contribution in [-0.2, 0) is 11.0 Å². The zero-order chi connectivity index (χ0) is 16.4. The molecule has 118 valence electrons. The van der Waals surface area contributed by atoms with Crippen molar-refractivity contribution < 1.29 is 32.6 Å². The molecule has 1 aromatic carbocycles. The highest BCUT2D eigenvalue weighted by Gasteiger charge is 2.37. The highest BCUT2D eigenvalue weighted by molar-refractivity contribution is 8.13. The molecular weight excluding hydrogens is 314 g/mol. The molecule has 4 N–H and O–H groups in total. The molecule has 0 aliphatic heterocycles. The number of carbonyl (C=O) groups excluding carboxylic acids is 1. The number of carbonyl (C=O) groups is 1. The normalized spacial score (nSPS) is 14.8. The van der Waals surface area contributed by atoms with Gasteiger partial charge in [0.2, 0.25) is 0 Å². The van der Waals surface area contributed by atoms with Crippen LogP contribution in [0.25, 0.3) is 0 Å². The Kier molecular flexibility index (Phi) is 5.60. The van der Waals surface area contributed by atoms with Gasteiger partial charge in [-0.15, -0.1) is 0 Å². The van der Waals surface area contributed by atoms with Gasteiger partial charge in [-0.05, 0) is 17.7 Å². The number of aliphatic hydroxyl groups excluding tert-OH is 2. The minimum absolute atomic E-state index is 0.320. The van der Waals surface area contributed by atoms with E-state index in [9.17, 15) is 32.6 Å². The summed E-state index contributed by atoms with van der Waals surface area (Å²) >= 11 is 0.634. The molecule has 0 spiro atoms. The monoisotopic (exact) mass is 327 g/mol. The lowest BCUT2D eigenvalue weighted by molar-refractivity contribution is -0.139. The number of nitrogen functional groups attached to an aromatic ring is 1. The van der Waals surface area contributed by atoms with Crippen LogP contribution in [0.1, 0.15) is 24.2 Å². The van der Waals surface area contributed by atoms with E-state index in [1.165, 1.54) is 6.92 Å². The average molecular weight is 327 g/mol. The smallest absolute Gasteiger partial charge is 0.396 e. The third-order valence-corrected chi connectivity index (χ3v) is 3.53. The summed E-state index contributed by atoms with van der Waals surface area (Å²) < 4.78 is 51.9. The molecule has 0 bridgehead atoms. The number of alkyl halides is 3. The van der Waals surface area contributed by atoms with Gasteiger partial charge in [-0.1, -0.05) is 11.8 Å². The largest absolute Gasteiger partial charge is 0.416 e. The highest BCUT2D eigenvalue weighted by atomic mass is 32.2. The van der Waals surface area contributed by atoms with Crippen LogP contribution in [0.2, 0.25) is 0 Å². The maximum Gasteiger partial charge on any atom is 0.416 e. The molecule has 0 radical (unpaired) electrons. The van der Waals surface area contributed by atoms with Crippen molar-refractivity contribution in [3.8, 4) is 0 Å². The summed E-state index contributed by atoms with van der Waals surface area (Å²) in [6, 6.07) is 0.795. The van der Waals surface area contributed by atoms with Crippen LogP contribution in [0.3, 0.4) is 0 Å². The first kappa shape index (κ1) is 17.7. The minimum Gasteiger partial charge on any atom is -0.396 e. The number of hydrogen-bond acceptors (Lipinski definition) is 5. The van der Waals surface area contributed by atoms with E-state index < -0.39 is 41.0 Å². The third kappa shape index (κ3) is 4.58. The third-order valence-electron chi connectivity index (χ3n) is 2.61. The highest BCUT2D eigenvalue weighted by Crippen LogP contribution is 2.38. The summed E-state index contributed by atoms with van der Waals surface area (Å²) in [6.07, 6.45) is -8.53. The number of rotatable bonds is 4. The number of anilines is 1. The molecule has 0 amide bonds. The summed E-state index contributed by atoms with van der Waals surface area (Å²) in [5.41, 5.74) is 2.22. The van der Waals surface area contributed by atoms with Crippen molar-refractivity contribution in [1.29, 1.82) is 0 Å². The molecule has 1 rings (SSSR count). The lowest BCUT2D eigenvalue weighted by Crippen LogP contribution is -2.24. The molecule has 0 fully saturated rings. The number of thioether (sulfide) groups is 1. The molecule has 0 saturated heterocycles. The number of aliphatic hydroxyl groups is 2. The predicted octanol–water partition coefficient (Wildman–Crippen LogP) is 2.10. The maximum atomic E-state index is 13.3. The van der Waals surface area contributed by atoms with Crippen LogP contribution in [0.15, 0.2) is 12.1 Å². The van der Waals surface area contributed by atoms with Gasteiger partial charge in [0.05, 0.1) is 17.4 Å². The van der Waals surface area contributed by atoms with Crippen LogP contribution < -0.4 is 5.73 Å². The van der Waals surface area contributed by atoms with Crippen molar-refractivity contribution >= 4 is 22.6 Å². The van der Waals surface area contributed by atoms with Crippen LogP contribution in [-0.4, -0.2) is 27.2 Å². The van der Waals surface area contributed by atoms with E-state index in [-0.39, 0.29) is 10.9 Å². The van der Waals surface area contributed by atoms with Crippen molar-refractivity contribution in [2.75, 3.05) is 11.5 Å². The Labute approximate surface area is 121 Å². The van der Waals surface area contributed by atoms with E-state index in [2.05, 4.69) is 0 Å². The molecular formula is C12H13F4NO3S. The second-order valence-corrected chi connectivity index (χ2v) is 5.47. The average Bonchev–Trinajstić information content (AvgIpc) is 2.36. The molecule has 2 atom stereocenters. The second-order valence-electron chi connectivity index (χ2n) is 4.27. The fourth-order valence-electron chi connectivity index (χ4n) is 1.60. The summed E-state index contributed by atoms with van der Waals surface area (Å²) in [6.45, 7) is 1.20. The van der Waals surface area contributed by atoms with Crippen LogP contribution in [0, 0.1) is 5.82 Å². The molecule has 4 nitrogen and oxygen atoms in total. The second kappa shape index (κ2) is 6.63. The summed E-state index contributed by atoms with van der Waals surface area (Å²) in [4.78, 5) is 10.7. The first-order valence-electron chi connectivity index (χ1n) is 5.69. The fourth-order valence-corrected chi connectivity index (χ4v) is 2.18. The Morgan fingerprint density at radius 2 is 1.95 bits per heavy atom. The number of halogens is 4. The summed E-state index contributed by atoms with van der Waals surface area (Å²) in [5, 5.41) is 19.0. The van der Waals surface area contributed by atoms with Gasteiger partial charge < -0.3 is 15.9 Å². The van der Waals surface area contributed by atoms with Gasteiger partial charge in [0.1, 0.15) is 11.9 Å². The Bertz CT molecular complexity index is 536. The molecule has 0 aliphatic rings. The first-order valence-corrected chi connectivity index (χ1v) is 6.68. The fraction of sp³-hybridized carbons (Fsp3) is 0.417. The molecule has 0 saturated carbocycles. The summed E-state index contributed by atoms with van der Waals surface area (Å²) in [5.74, 6) is -1.46. The molecule has 1 aromatic rings. The topological polar surface area (TPSA) is 83.5 Å². The Balaban J connectivity index is 3.15. The van der Waals surface area contributed by atoms with E-state index >= 15 is 0 Å². The predicted molar refractivity (Wildman–Crippen MR) is 69.9 cm³/mol. The molecule has 2 unspecified atom stereocenters. The van der Waals surface area contributed by atoms with Crippen LogP contribution in [0.4, 0.5) is 23.2 Å². The van der Waals surface area contributed by atoms with Crippen LogP contribution >= 0.6 is 11.8 Å². The molecule has 0 aromatic heterocycles. The number of benzene rings is 1. The lowest BCUT2D eigenvalue weighted by atomic mass is 9.98. The van der Waals surface area contributed by atoms with E-state index in [4.69, 9.17) is 5.73 Å². The Morgan fingerprint density at radius 3 is 2.43 bits per heavy atom. The lowest BCUT2D eigenvalue weighted by Gasteiger charge is -2.22. The van der Waals surface area contributed by atoms with Crippen molar-refractivity contribution in [2.45, 2.75) is 25.3 Å². The molecule has 9 heteroatoms. The first-order chi connectivity index (χ1) is 9.54. The summed E-state index contributed by atoms with van der Waals surface area (Å²) in [7, 11) is 0. The van der Waals surface area contributed by atoms with Gasteiger partial charge in [-0.25, -0.2) is 4.39 Å². The van der Waals surface area contributed by atoms with E-state index in [1.807, 2.05) is 0 Å². The zero-order valence-corrected chi connectivity index (χ0v) is 11.6. The standard InChI is InChI=1S/C12H13F4NO3S/c1-5(18)21-4-10(19)11(20)6-2-8(13)9(17)3-7(6)12(14,15)16/h2-3,10-11,19-20H,4,17H2,1H3. The molecule has 0 aliphatic carbocycles. The minimum atomic E-state index is -4.87. The maximum absolute atomic E-state index is 13.3. The van der Waals surface area contributed by atoms with E-state index in [1.54, 1.807) is 0 Å². The number of nitrogens with two attached hydrogens (primary N) is 1. The quantitative estimate of drug-likeness (QED) is 0.583. The van der Waals surface area contributed by atoms with Crippen molar-refractivity contribution in [3.05, 3.63) is 29.1 Å². The van der Waals surface area contributed by atoms with Crippen LogP contribution in [0.5, 0.6) is 0 Å². The zero-order valence-electron chi connectivity index (χ0n) is 10.8. The van der Waals surface area contributed by atoms with Gasteiger partial charge in [0, 0.05) is 12.7 Å². The van der Waals surface area contributed by atoms with Gasteiger partial charge in [0.15, 0.2) is 5.12 Å². The molecule has 0 heterocycles. The van der Waals surface area contributed by atoms with Crippen molar-refractivity contribution in [1.82, 2.24) is 0 Å². The van der Waals surface area contributed by atoms with E-state index in [0.29, 0.717) is 23.9 Å². The van der Waals surface area contributed by atoms with Crippen molar-refractivity contribution in [3.63, 3.8) is 0 Å². The SMILES string of the molecule is CC(=O)SCC(O)C(O)c1cc(F)c(N)cc1C(F)(F)F. The van der Waals surface area contributed by atoms with Gasteiger partial charge in [-0.2, -0.15) is 13.2 Å². The van der Waals surface area contributed by atoms with Gasteiger partial charge >= 0.3 is 6.18 Å². The van der Waals surface area contributed by atoms with E-state index in [0.717, 1.165) is 0 Å². The van der Waals surface area contributed by atoms with Crippen molar-refractivity contribution in [2.24, 2.45) is 0 Å².